The molecule has 40 heavy (non-hydrogen) atoms. The zero-order valence-corrected chi connectivity index (χ0v) is 25.7. The molecule has 0 aliphatic heterocycles. The lowest BCUT2D eigenvalue weighted by molar-refractivity contribution is 1.50. The monoisotopic (exact) mass is 526 g/mol. The van der Waals surface area contributed by atoms with Gasteiger partial charge in [-0.15, -0.1) is 0 Å². The zero-order valence-electron chi connectivity index (χ0n) is 25.7. The molecule has 0 aliphatic rings. The smallest absolute Gasteiger partial charge is 0.00990 e. The van der Waals surface area contributed by atoms with Gasteiger partial charge in [-0.2, -0.15) is 0 Å². The number of fused-ring (bicyclic) bond motifs is 7. The van der Waals surface area contributed by atoms with Crippen LogP contribution in [-0.4, -0.2) is 0 Å². The number of hydrogen-bond acceptors (Lipinski definition) is 0. The van der Waals surface area contributed by atoms with Crippen LogP contribution in [0.15, 0.2) is 133 Å². The molecule has 206 valence electrons. The van der Waals surface area contributed by atoms with Crippen molar-refractivity contribution in [2.75, 3.05) is 0 Å². The van der Waals surface area contributed by atoms with Crippen LogP contribution in [0.3, 0.4) is 0 Å². The van der Waals surface area contributed by atoms with Crippen LogP contribution in [0, 0.1) is 0 Å². The third-order valence-corrected chi connectivity index (χ3v) is 6.27. The summed E-state index contributed by atoms with van der Waals surface area (Å²) in [7, 11) is 0. The van der Waals surface area contributed by atoms with Crippen molar-refractivity contribution < 1.29 is 0 Å². The average Bonchev–Trinajstić information content (AvgIpc) is 3.07. The second kappa shape index (κ2) is 17.4. The van der Waals surface area contributed by atoms with Gasteiger partial charge in [0.2, 0.25) is 0 Å². The molecule has 0 amide bonds. The molecule has 7 aromatic carbocycles. The molecule has 0 aliphatic carbocycles. The Bertz CT molecular complexity index is 1540. The molecule has 0 radical (unpaired) electrons. The van der Waals surface area contributed by atoms with Crippen molar-refractivity contribution in [3.8, 4) is 0 Å². The van der Waals surface area contributed by atoms with E-state index in [1.807, 2.05) is 55.4 Å². The highest BCUT2D eigenvalue weighted by molar-refractivity contribution is 6.17. The summed E-state index contributed by atoms with van der Waals surface area (Å²) < 4.78 is 0. The molecule has 0 aromatic heterocycles. The third-order valence-electron chi connectivity index (χ3n) is 6.27. The molecule has 0 spiro atoms. The van der Waals surface area contributed by atoms with Gasteiger partial charge in [-0.3, -0.25) is 0 Å². The first-order valence-corrected chi connectivity index (χ1v) is 15.0. The summed E-state index contributed by atoms with van der Waals surface area (Å²) in [5.74, 6) is 0. The fourth-order valence-corrected chi connectivity index (χ4v) is 4.65. The predicted molar refractivity (Wildman–Crippen MR) is 186 cm³/mol. The van der Waals surface area contributed by atoms with Gasteiger partial charge >= 0.3 is 0 Å². The first-order valence-electron chi connectivity index (χ1n) is 15.0. The second-order valence-corrected chi connectivity index (χ2v) is 8.22. The summed E-state index contributed by atoms with van der Waals surface area (Å²) in [5, 5.41) is 13.2. The van der Waals surface area contributed by atoms with E-state index in [0.717, 1.165) is 0 Å². The fourth-order valence-electron chi connectivity index (χ4n) is 4.65. The number of benzene rings is 7. The molecule has 0 unspecified atom stereocenters. The molecule has 0 heteroatoms. The minimum absolute atomic E-state index is 1.31. The van der Waals surface area contributed by atoms with Gasteiger partial charge in [-0.1, -0.05) is 177 Å². The summed E-state index contributed by atoms with van der Waals surface area (Å²) in [6, 6.07) is 47.5. The van der Waals surface area contributed by atoms with Crippen LogP contribution in [0.2, 0.25) is 0 Å². The van der Waals surface area contributed by atoms with Gasteiger partial charge < -0.3 is 0 Å². The zero-order chi connectivity index (χ0) is 29.3. The Labute approximate surface area is 242 Å². The molecule has 0 heterocycles. The summed E-state index contributed by atoms with van der Waals surface area (Å²) in [5.41, 5.74) is 0. The predicted octanol–water partition coefficient (Wildman–Crippen LogP) is 13.2. The first-order chi connectivity index (χ1) is 19.9. The second-order valence-electron chi connectivity index (χ2n) is 8.22. The van der Waals surface area contributed by atoms with Crippen LogP contribution in [-0.2, 0) is 0 Å². The van der Waals surface area contributed by atoms with E-state index in [1.54, 1.807) is 0 Å². The molecular formula is C40H46. The third kappa shape index (κ3) is 7.48. The maximum Gasteiger partial charge on any atom is -0.00990 e. The number of hydrogen-bond donors (Lipinski definition) is 0. The molecule has 7 aromatic rings. The Kier molecular flexibility index (Phi) is 14.0. The van der Waals surface area contributed by atoms with E-state index < -0.39 is 0 Å². The van der Waals surface area contributed by atoms with Crippen molar-refractivity contribution in [1.29, 1.82) is 0 Å². The molecule has 0 fully saturated rings. The van der Waals surface area contributed by atoms with Crippen LogP contribution in [0.1, 0.15) is 55.4 Å². The topological polar surface area (TPSA) is 0 Å². The highest BCUT2D eigenvalue weighted by atomic mass is 14.1. The highest BCUT2D eigenvalue weighted by Gasteiger charge is 2.03. The van der Waals surface area contributed by atoms with Gasteiger partial charge in [0.25, 0.3) is 0 Å². The summed E-state index contributed by atoms with van der Waals surface area (Å²) >= 11 is 0. The Morgan fingerprint density at radius 2 is 0.475 bits per heavy atom. The van der Waals surface area contributed by atoms with Crippen LogP contribution in [0.5, 0.6) is 0 Å². The van der Waals surface area contributed by atoms with Crippen LogP contribution < -0.4 is 0 Å². The lowest BCUT2D eigenvalue weighted by atomic mass is 9.97. The molecule has 0 nitrogen and oxygen atoms in total. The van der Waals surface area contributed by atoms with Crippen molar-refractivity contribution in [3.63, 3.8) is 0 Å². The Morgan fingerprint density at radius 1 is 0.225 bits per heavy atom. The molecule has 0 N–H and O–H groups in total. The normalized spacial score (nSPS) is 9.50. The van der Waals surface area contributed by atoms with Gasteiger partial charge in [0.05, 0.1) is 0 Å². The van der Waals surface area contributed by atoms with Gasteiger partial charge in [0, 0.05) is 0 Å². The van der Waals surface area contributed by atoms with Crippen LogP contribution >= 0.6 is 0 Å². The van der Waals surface area contributed by atoms with Crippen molar-refractivity contribution in [2.45, 2.75) is 55.4 Å². The number of rotatable bonds is 0. The van der Waals surface area contributed by atoms with E-state index in [2.05, 4.69) is 133 Å². The lowest BCUT2D eigenvalue weighted by Crippen LogP contribution is -1.79. The van der Waals surface area contributed by atoms with Gasteiger partial charge in [-0.25, -0.2) is 0 Å². The van der Waals surface area contributed by atoms with E-state index in [1.165, 1.54) is 53.9 Å². The lowest BCUT2D eigenvalue weighted by Gasteiger charge is -2.07. The van der Waals surface area contributed by atoms with Gasteiger partial charge in [0.15, 0.2) is 0 Å². The van der Waals surface area contributed by atoms with Crippen molar-refractivity contribution in [1.82, 2.24) is 0 Å². The Morgan fingerprint density at radius 3 is 0.775 bits per heavy atom. The Hall–Kier alpha value is -4.16. The van der Waals surface area contributed by atoms with Crippen LogP contribution in [0.25, 0.3) is 53.9 Å². The molecule has 0 bridgehead atoms. The molecule has 0 atom stereocenters. The minimum Gasteiger partial charge on any atom is -0.0683 e. The average molecular weight is 527 g/mol. The van der Waals surface area contributed by atoms with E-state index in [0.29, 0.717) is 0 Å². The minimum atomic E-state index is 1.31. The summed E-state index contributed by atoms with van der Waals surface area (Å²) in [6.07, 6.45) is 0. The first kappa shape index (κ1) is 32.1. The van der Waals surface area contributed by atoms with E-state index in [4.69, 9.17) is 0 Å². The fraction of sp³-hybridized carbons (Fsp3) is 0.200. The van der Waals surface area contributed by atoms with E-state index >= 15 is 0 Å². The Balaban J connectivity index is 0.000000229. The standard InChI is InChI=1S/C18H12.C14H10.4C2H6/c1-3-7-15-13(5-1)9-11-18-16-8-4-2-6-14(16)10-12-17(15)18;1-2-6-12-10-14-8-4-3-7-13(14)9-11(12)5-1;4*1-2/h1-12H;1-10H;4*1-2H3. The van der Waals surface area contributed by atoms with Crippen molar-refractivity contribution >= 4 is 53.9 Å². The van der Waals surface area contributed by atoms with E-state index in [-0.39, 0.29) is 0 Å². The molecule has 0 saturated carbocycles. The largest absolute Gasteiger partial charge is 0.0683 e. The maximum atomic E-state index is 2.24. The van der Waals surface area contributed by atoms with Gasteiger partial charge in [-0.05, 0) is 66.0 Å². The molecule has 7 rings (SSSR count). The molecule has 0 saturated heterocycles. The summed E-state index contributed by atoms with van der Waals surface area (Å²) in [6.45, 7) is 16.0. The highest BCUT2D eigenvalue weighted by Crippen LogP contribution is 2.30. The quantitative estimate of drug-likeness (QED) is 0.136. The molecular weight excluding hydrogens is 480 g/mol. The van der Waals surface area contributed by atoms with Gasteiger partial charge in [0.1, 0.15) is 0 Å². The van der Waals surface area contributed by atoms with Crippen LogP contribution in [0.4, 0.5) is 0 Å². The summed E-state index contributed by atoms with van der Waals surface area (Å²) in [4.78, 5) is 0. The van der Waals surface area contributed by atoms with Crippen molar-refractivity contribution in [3.05, 3.63) is 133 Å². The SMILES string of the molecule is CC.CC.CC.CC.c1ccc2c(c1)ccc1c3ccccc3ccc21.c1ccc2cc3ccccc3cc2c1. The maximum absolute atomic E-state index is 2.24. The van der Waals surface area contributed by atoms with E-state index in [9.17, 15) is 0 Å². The van der Waals surface area contributed by atoms with Crippen molar-refractivity contribution in [2.24, 2.45) is 0 Å².